The number of ketones is 1. The number of nitrogens with two attached hydrogens (primary N) is 1. The molecule has 0 atom stereocenters. The van der Waals surface area contributed by atoms with Crippen molar-refractivity contribution in [3.8, 4) is 0 Å². The molecule has 0 amide bonds. The molecule has 0 radical (unpaired) electrons. The molecule has 0 saturated heterocycles. The Morgan fingerprint density at radius 3 is 2.47 bits per heavy atom. The first-order valence-corrected chi connectivity index (χ1v) is 5.57. The molecule has 0 fully saturated rings. The fourth-order valence-electron chi connectivity index (χ4n) is 1.70. The topological polar surface area (TPSA) is 66.6 Å². The maximum atomic E-state index is 12.4. The molecule has 1 aromatic rings. The van der Waals surface area contributed by atoms with Crippen molar-refractivity contribution in [3.63, 3.8) is 0 Å². The lowest BCUT2D eigenvalue weighted by Crippen LogP contribution is -2.36. The Kier molecular flexibility index (Phi) is 4.77. The number of alkyl halides is 3. The van der Waals surface area contributed by atoms with Gasteiger partial charge in [-0.25, -0.2) is 0 Å². The molecular weight excluding hydrogens is 261 g/mol. The van der Waals surface area contributed by atoms with Crippen molar-refractivity contribution in [1.82, 2.24) is 0 Å². The van der Waals surface area contributed by atoms with Gasteiger partial charge in [-0.05, 0) is 25.1 Å². The summed E-state index contributed by atoms with van der Waals surface area (Å²) in [6.07, 6.45) is -4.39. The molecule has 0 aliphatic heterocycles. The number of halogens is 3. The molecule has 106 valence electrons. The van der Waals surface area contributed by atoms with Crippen molar-refractivity contribution in [2.75, 3.05) is 30.3 Å². The SMILES string of the molecule is CC(=O)c1ccc(N(CCO)CC(F)(F)F)cc1N. The van der Waals surface area contributed by atoms with Gasteiger partial charge in [0.25, 0.3) is 0 Å². The smallest absolute Gasteiger partial charge is 0.398 e. The Bertz CT molecular complexity index is 461. The summed E-state index contributed by atoms with van der Waals surface area (Å²) in [6, 6.07) is 4.07. The van der Waals surface area contributed by atoms with Crippen LogP contribution in [0.4, 0.5) is 24.5 Å². The minimum atomic E-state index is -4.39. The van der Waals surface area contributed by atoms with Crippen LogP contribution in [0, 0.1) is 0 Å². The van der Waals surface area contributed by atoms with E-state index < -0.39 is 19.3 Å². The molecule has 0 saturated carbocycles. The van der Waals surface area contributed by atoms with Crippen LogP contribution in [0.15, 0.2) is 18.2 Å². The highest BCUT2D eigenvalue weighted by atomic mass is 19.4. The van der Waals surface area contributed by atoms with Crippen LogP contribution in [-0.2, 0) is 0 Å². The summed E-state index contributed by atoms with van der Waals surface area (Å²) in [5.41, 5.74) is 6.23. The van der Waals surface area contributed by atoms with E-state index in [1.165, 1.54) is 25.1 Å². The van der Waals surface area contributed by atoms with Gasteiger partial charge in [-0.1, -0.05) is 0 Å². The van der Waals surface area contributed by atoms with E-state index in [4.69, 9.17) is 10.8 Å². The third-order valence-electron chi connectivity index (χ3n) is 2.52. The molecule has 0 aromatic heterocycles. The average molecular weight is 276 g/mol. The zero-order chi connectivity index (χ0) is 14.6. The van der Waals surface area contributed by atoms with Crippen LogP contribution in [-0.4, -0.2) is 36.8 Å². The summed E-state index contributed by atoms with van der Waals surface area (Å²) in [7, 11) is 0. The van der Waals surface area contributed by atoms with E-state index >= 15 is 0 Å². The first-order chi connectivity index (χ1) is 8.74. The minimum Gasteiger partial charge on any atom is -0.398 e. The van der Waals surface area contributed by atoms with Crippen LogP contribution in [0.25, 0.3) is 0 Å². The summed E-state index contributed by atoms with van der Waals surface area (Å²) >= 11 is 0. The molecule has 0 heterocycles. The van der Waals surface area contributed by atoms with Crippen LogP contribution in [0.3, 0.4) is 0 Å². The monoisotopic (exact) mass is 276 g/mol. The first-order valence-electron chi connectivity index (χ1n) is 5.57. The number of nitrogens with zero attached hydrogens (tertiary/aromatic N) is 1. The maximum absolute atomic E-state index is 12.4. The van der Waals surface area contributed by atoms with Gasteiger partial charge in [0.2, 0.25) is 0 Å². The molecule has 0 aliphatic rings. The van der Waals surface area contributed by atoms with Crippen molar-refractivity contribution in [2.45, 2.75) is 13.1 Å². The van der Waals surface area contributed by atoms with Crippen molar-refractivity contribution in [2.24, 2.45) is 0 Å². The summed E-state index contributed by atoms with van der Waals surface area (Å²) in [5, 5.41) is 8.81. The molecule has 3 N–H and O–H groups in total. The highest BCUT2D eigenvalue weighted by Gasteiger charge is 2.30. The lowest BCUT2D eigenvalue weighted by atomic mass is 10.1. The van der Waals surface area contributed by atoms with Gasteiger partial charge in [-0.3, -0.25) is 4.79 Å². The van der Waals surface area contributed by atoms with Crippen molar-refractivity contribution >= 4 is 17.2 Å². The molecule has 7 heteroatoms. The van der Waals surface area contributed by atoms with E-state index in [9.17, 15) is 18.0 Å². The summed E-state index contributed by atoms with van der Waals surface area (Å²) < 4.78 is 37.2. The predicted molar refractivity (Wildman–Crippen MR) is 66.2 cm³/mol. The van der Waals surface area contributed by atoms with E-state index in [2.05, 4.69) is 0 Å². The number of rotatable bonds is 5. The second-order valence-corrected chi connectivity index (χ2v) is 4.09. The fraction of sp³-hybridized carbons (Fsp3) is 0.417. The number of hydrogen-bond donors (Lipinski definition) is 2. The third kappa shape index (κ3) is 4.44. The van der Waals surface area contributed by atoms with Gasteiger partial charge in [0, 0.05) is 23.5 Å². The molecule has 0 unspecified atom stereocenters. The van der Waals surface area contributed by atoms with Gasteiger partial charge in [0.15, 0.2) is 5.78 Å². The second-order valence-electron chi connectivity index (χ2n) is 4.09. The Labute approximate surface area is 108 Å². The van der Waals surface area contributed by atoms with E-state index in [0.717, 1.165) is 4.90 Å². The third-order valence-corrected chi connectivity index (χ3v) is 2.52. The molecule has 19 heavy (non-hydrogen) atoms. The minimum absolute atomic E-state index is 0.120. The lowest BCUT2D eigenvalue weighted by molar-refractivity contribution is -0.119. The predicted octanol–water partition coefficient (Wildman–Crippen LogP) is 1.83. The molecule has 0 spiro atoms. The number of nitrogen functional groups attached to an aromatic ring is 1. The van der Waals surface area contributed by atoms with Crippen molar-refractivity contribution in [3.05, 3.63) is 23.8 Å². The molecule has 4 nitrogen and oxygen atoms in total. The van der Waals surface area contributed by atoms with Crippen molar-refractivity contribution < 1.29 is 23.1 Å². The zero-order valence-corrected chi connectivity index (χ0v) is 10.4. The number of hydrogen-bond acceptors (Lipinski definition) is 4. The van der Waals surface area contributed by atoms with Gasteiger partial charge in [-0.2, -0.15) is 13.2 Å². The van der Waals surface area contributed by atoms with Crippen LogP contribution < -0.4 is 10.6 Å². The number of Topliss-reactive ketones (excluding diaryl/α,β-unsaturated/α-hetero) is 1. The van der Waals surface area contributed by atoms with E-state index in [1.54, 1.807) is 0 Å². The van der Waals surface area contributed by atoms with Crippen LogP contribution >= 0.6 is 0 Å². The maximum Gasteiger partial charge on any atom is 0.405 e. The van der Waals surface area contributed by atoms with Gasteiger partial charge < -0.3 is 15.7 Å². The largest absolute Gasteiger partial charge is 0.405 e. The van der Waals surface area contributed by atoms with Crippen molar-refractivity contribution in [1.29, 1.82) is 0 Å². The van der Waals surface area contributed by atoms with E-state index in [-0.39, 0.29) is 29.3 Å². The molecule has 0 bridgehead atoms. The quantitative estimate of drug-likeness (QED) is 0.636. The normalized spacial score (nSPS) is 11.4. The Morgan fingerprint density at radius 1 is 1.42 bits per heavy atom. The van der Waals surface area contributed by atoms with E-state index in [0.29, 0.717) is 0 Å². The fourth-order valence-corrected chi connectivity index (χ4v) is 1.70. The standard InChI is InChI=1S/C12H15F3N2O2/c1-8(19)10-3-2-9(6-11(10)16)17(4-5-18)7-12(13,14)15/h2-3,6,18H,4-5,7,16H2,1H3. The summed E-state index contributed by atoms with van der Waals surface area (Å²) in [6.45, 7) is -0.443. The number of aliphatic hydroxyl groups excluding tert-OH is 1. The Balaban J connectivity index is 3.03. The number of carbonyl (C=O) groups excluding carboxylic acids is 1. The Hall–Kier alpha value is -1.76. The summed E-state index contributed by atoms with van der Waals surface area (Å²) in [5.74, 6) is -0.256. The average Bonchev–Trinajstić information content (AvgIpc) is 2.26. The number of aliphatic hydroxyl groups is 1. The number of benzene rings is 1. The number of carbonyl (C=O) groups is 1. The van der Waals surface area contributed by atoms with Gasteiger partial charge in [0.05, 0.1) is 6.61 Å². The van der Waals surface area contributed by atoms with Crippen LogP contribution in [0.1, 0.15) is 17.3 Å². The molecule has 0 aliphatic carbocycles. The van der Waals surface area contributed by atoms with Gasteiger partial charge in [0.1, 0.15) is 6.54 Å². The first kappa shape index (κ1) is 15.3. The second kappa shape index (κ2) is 5.92. The van der Waals surface area contributed by atoms with Crippen LogP contribution in [0.5, 0.6) is 0 Å². The Morgan fingerprint density at radius 2 is 2.05 bits per heavy atom. The van der Waals surface area contributed by atoms with E-state index in [1.807, 2.05) is 0 Å². The van der Waals surface area contributed by atoms with Crippen LogP contribution in [0.2, 0.25) is 0 Å². The summed E-state index contributed by atoms with van der Waals surface area (Å²) in [4.78, 5) is 12.1. The lowest BCUT2D eigenvalue weighted by Gasteiger charge is -2.25. The number of anilines is 2. The highest BCUT2D eigenvalue weighted by Crippen LogP contribution is 2.25. The van der Waals surface area contributed by atoms with Gasteiger partial charge in [-0.15, -0.1) is 0 Å². The molecule has 1 aromatic carbocycles. The van der Waals surface area contributed by atoms with Gasteiger partial charge >= 0.3 is 6.18 Å². The molecule has 1 rings (SSSR count). The zero-order valence-electron chi connectivity index (χ0n) is 10.4. The molecular formula is C12H15F3N2O2. The highest BCUT2D eigenvalue weighted by molar-refractivity contribution is 5.99.